The van der Waals surface area contributed by atoms with Crippen LogP contribution in [0.2, 0.25) is 0 Å². The van der Waals surface area contributed by atoms with Crippen molar-refractivity contribution in [2.24, 2.45) is 0 Å². The van der Waals surface area contributed by atoms with E-state index in [1.54, 1.807) is 4.31 Å². The van der Waals surface area contributed by atoms with Crippen LogP contribution in [-0.2, 0) is 16.6 Å². The Morgan fingerprint density at radius 1 is 1.33 bits per heavy atom. The van der Waals surface area contributed by atoms with Crippen molar-refractivity contribution in [1.82, 2.24) is 9.62 Å². The summed E-state index contributed by atoms with van der Waals surface area (Å²) < 4.78 is 27.9. The van der Waals surface area contributed by atoms with Crippen molar-refractivity contribution in [3.63, 3.8) is 0 Å². The standard InChI is InChI=1S/C16H26N2O2S/c1-5-15-9-7-13(3)18(15)21(19,20)16-10-14(11-17-4)8-6-12(16)2/h6,8,10,13,15,17H,5,7,9,11H2,1-4H3. The molecule has 0 amide bonds. The smallest absolute Gasteiger partial charge is 0.243 e. The minimum atomic E-state index is -3.42. The van der Waals surface area contributed by atoms with E-state index in [0.717, 1.165) is 30.4 Å². The molecule has 1 fully saturated rings. The predicted molar refractivity (Wildman–Crippen MR) is 85.7 cm³/mol. The Balaban J connectivity index is 2.45. The zero-order valence-corrected chi connectivity index (χ0v) is 14.2. The van der Waals surface area contributed by atoms with Crippen molar-refractivity contribution in [3.05, 3.63) is 29.3 Å². The maximum atomic E-state index is 13.1. The molecular formula is C16H26N2O2S. The Kier molecular flexibility index (Phi) is 5.07. The maximum absolute atomic E-state index is 13.1. The number of rotatable bonds is 5. The summed E-state index contributed by atoms with van der Waals surface area (Å²) in [5.74, 6) is 0. The minimum absolute atomic E-state index is 0.0901. The Morgan fingerprint density at radius 2 is 2.05 bits per heavy atom. The number of sulfonamides is 1. The molecular weight excluding hydrogens is 284 g/mol. The molecule has 1 heterocycles. The predicted octanol–water partition coefficient (Wildman–Crippen LogP) is 2.67. The summed E-state index contributed by atoms with van der Waals surface area (Å²) in [5, 5.41) is 3.07. The van der Waals surface area contributed by atoms with E-state index in [0.29, 0.717) is 11.4 Å². The van der Waals surface area contributed by atoms with Crippen molar-refractivity contribution in [2.75, 3.05) is 7.05 Å². The van der Waals surface area contributed by atoms with E-state index < -0.39 is 10.0 Å². The lowest BCUT2D eigenvalue weighted by molar-refractivity contribution is 0.328. The summed E-state index contributed by atoms with van der Waals surface area (Å²) in [5.41, 5.74) is 1.82. The summed E-state index contributed by atoms with van der Waals surface area (Å²) in [6.45, 7) is 6.63. The first-order chi connectivity index (χ1) is 9.91. The third kappa shape index (κ3) is 3.15. The molecule has 2 atom stereocenters. The van der Waals surface area contributed by atoms with Crippen LogP contribution in [0.1, 0.15) is 44.2 Å². The molecule has 21 heavy (non-hydrogen) atoms. The minimum Gasteiger partial charge on any atom is -0.316 e. The highest BCUT2D eigenvalue weighted by molar-refractivity contribution is 7.89. The second kappa shape index (κ2) is 6.46. The molecule has 4 nitrogen and oxygen atoms in total. The van der Waals surface area contributed by atoms with Gasteiger partial charge < -0.3 is 5.32 Å². The molecule has 0 saturated carbocycles. The van der Waals surface area contributed by atoms with Crippen molar-refractivity contribution in [3.8, 4) is 0 Å². The van der Waals surface area contributed by atoms with Crippen LogP contribution in [0.4, 0.5) is 0 Å². The lowest BCUT2D eigenvalue weighted by atomic mass is 10.1. The zero-order chi connectivity index (χ0) is 15.6. The lowest BCUT2D eigenvalue weighted by Gasteiger charge is -2.28. The molecule has 2 rings (SSSR count). The Hall–Kier alpha value is -0.910. The van der Waals surface area contributed by atoms with E-state index >= 15 is 0 Å². The van der Waals surface area contributed by atoms with E-state index in [2.05, 4.69) is 12.2 Å². The first kappa shape index (κ1) is 16.5. The van der Waals surface area contributed by atoms with Crippen molar-refractivity contribution >= 4 is 10.0 Å². The maximum Gasteiger partial charge on any atom is 0.243 e. The van der Waals surface area contributed by atoms with Gasteiger partial charge in [0.05, 0.1) is 4.90 Å². The van der Waals surface area contributed by atoms with Crippen LogP contribution in [0.5, 0.6) is 0 Å². The molecule has 1 saturated heterocycles. The highest BCUT2D eigenvalue weighted by atomic mass is 32.2. The van der Waals surface area contributed by atoms with Crippen LogP contribution in [0.15, 0.2) is 23.1 Å². The quantitative estimate of drug-likeness (QED) is 0.909. The molecule has 0 spiro atoms. The van der Waals surface area contributed by atoms with Gasteiger partial charge in [0, 0.05) is 18.6 Å². The van der Waals surface area contributed by atoms with Gasteiger partial charge in [-0.1, -0.05) is 19.1 Å². The van der Waals surface area contributed by atoms with Gasteiger partial charge in [-0.05, 0) is 57.4 Å². The molecule has 1 aromatic carbocycles. The fourth-order valence-corrected chi connectivity index (χ4v) is 5.44. The molecule has 1 aliphatic heterocycles. The molecule has 0 radical (unpaired) electrons. The topological polar surface area (TPSA) is 49.4 Å². The molecule has 5 heteroatoms. The second-order valence-electron chi connectivity index (χ2n) is 5.95. The van der Waals surface area contributed by atoms with Gasteiger partial charge in [-0.2, -0.15) is 4.31 Å². The average Bonchev–Trinajstić information content (AvgIpc) is 2.83. The molecule has 1 aromatic rings. The second-order valence-corrected chi connectivity index (χ2v) is 7.77. The van der Waals surface area contributed by atoms with Crippen molar-refractivity contribution < 1.29 is 8.42 Å². The molecule has 1 aliphatic rings. The molecule has 0 bridgehead atoms. The molecule has 0 aliphatic carbocycles. The van der Waals surface area contributed by atoms with Gasteiger partial charge in [0.15, 0.2) is 0 Å². The van der Waals surface area contributed by atoms with Crippen LogP contribution >= 0.6 is 0 Å². The Morgan fingerprint density at radius 3 is 2.67 bits per heavy atom. The Labute approximate surface area is 128 Å². The summed E-state index contributed by atoms with van der Waals surface area (Å²) in [6.07, 6.45) is 2.79. The highest BCUT2D eigenvalue weighted by Gasteiger charge is 2.39. The van der Waals surface area contributed by atoms with E-state index in [-0.39, 0.29) is 12.1 Å². The normalized spacial score (nSPS) is 23.6. The number of benzene rings is 1. The molecule has 118 valence electrons. The molecule has 0 aromatic heterocycles. The van der Waals surface area contributed by atoms with Gasteiger partial charge in [0.25, 0.3) is 0 Å². The van der Waals surface area contributed by atoms with Crippen LogP contribution in [0.25, 0.3) is 0 Å². The monoisotopic (exact) mass is 310 g/mol. The van der Waals surface area contributed by atoms with Crippen LogP contribution in [-0.4, -0.2) is 31.9 Å². The third-order valence-electron chi connectivity index (χ3n) is 4.37. The van der Waals surface area contributed by atoms with Gasteiger partial charge in [-0.25, -0.2) is 8.42 Å². The summed E-state index contributed by atoms with van der Waals surface area (Å²) in [4.78, 5) is 0.461. The summed E-state index contributed by atoms with van der Waals surface area (Å²) in [7, 11) is -1.55. The van der Waals surface area contributed by atoms with Crippen molar-refractivity contribution in [2.45, 2.75) is 63.6 Å². The fraction of sp³-hybridized carbons (Fsp3) is 0.625. The molecule has 2 unspecified atom stereocenters. The van der Waals surface area contributed by atoms with Crippen molar-refractivity contribution in [1.29, 1.82) is 0 Å². The van der Waals surface area contributed by atoms with Gasteiger partial charge in [0.2, 0.25) is 10.0 Å². The van der Waals surface area contributed by atoms with E-state index in [9.17, 15) is 8.42 Å². The number of hydrogen-bond donors (Lipinski definition) is 1. The van der Waals surface area contributed by atoms with E-state index in [1.807, 2.05) is 39.1 Å². The highest BCUT2D eigenvalue weighted by Crippen LogP contribution is 2.33. The summed E-state index contributed by atoms with van der Waals surface area (Å²) >= 11 is 0. The summed E-state index contributed by atoms with van der Waals surface area (Å²) in [6, 6.07) is 5.93. The zero-order valence-electron chi connectivity index (χ0n) is 13.4. The first-order valence-corrected chi connectivity index (χ1v) is 9.13. The van der Waals surface area contributed by atoms with Gasteiger partial charge in [-0.3, -0.25) is 0 Å². The van der Waals surface area contributed by atoms with Gasteiger partial charge >= 0.3 is 0 Å². The number of nitrogens with zero attached hydrogens (tertiary/aromatic N) is 1. The van der Waals surface area contributed by atoms with Crippen LogP contribution < -0.4 is 5.32 Å². The number of nitrogens with one attached hydrogen (secondary N) is 1. The SMILES string of the molecule is CCC1CCC(C)N1S(=O)(=O)c1cc(CNC)ccc1C. The average molecular weight is 310 g/mol. The number of aryl methyl sites for hydroxylation is 1. The fourth-order valence-electron chi connectivity index (χ4n) is 3.22. The van der Waals surface area contributed by atoms with Gasteiger partial charge in [0.1, 0.15) is 0 Å². The largest absolute Gasteiger partial charge is 0.316 e. The van der Waals surface area contributed by atoms with E-state index in [4.69, 9.17) is 0 Å². The van der Waals surface area contributed by atoms with E-state index in [1.165, 1.54) is 0 Å². The number of hydrogen-bond acceptors (Lipinski definition) is 3. The first-order valence-electron chi connectivity index (χ1n) is 7.69. The van der Waals surface area contributed by atoms with Crippen LogP contribution in [0.3, 0.4) is 0 Å². The molecule has 1 N–H and O–H groups in total. The van der Waals surface area contributed by atoms with Gasteiger partial charge in [-0.15, -0.1) is 0 Å². The third-order valence-corrected chi connectivity index (χ3v) is 6.58. The van der Waals surface area contributed by atoms with Crippen LogP contribution in [0, 0.1) is 6.92 Å². The lowest BCUT2D eigenvalue weighted by Crippen LogP contribution is -2.39. The Bertz CT molecular complexity index is 598.